The minimum Gasteiger partial charge on any atom is -0.467 e. The van der Waals surface area contributed by atoms with E-state index in [9.17, 15) is 9.59 Å². The van der Waals surface area contributed by atoms with E-state index in [1.807, 2.05) is 38.1 Å². The number of nitrogens with zero attached hydrogens (tertiary/aromatic N) is 2. The second kappa shape index (κ2) is 6.28. The van der Waals surface area contributed by atoms with E-state index in [1.165, 1.54) is 4.90 Å². The van der Waals surface area contributed by atoms with Gasteiger partial charge < -0.3 is 9.32 Å². The molecule has 1 saturated heterocycles. The number of anilines is 1. The zero-order chi connectivity index (χ0) is 16.4. The number of imide groups is 1. The van der Waals surface area contributed by atoms with E-state index in [2.05, 4.69) is 0 Å². The SMILES string of the molecule is CC(C)C[C@@H]1C(=O)N(c2ccccc2)C(=O)N1Cc1ccco1. The number of rotatable bonds is 5. The average Bonchev–Trinajstić information content (AvgIpc) is 3.11. The Morgan fingerprint density at radius 1 is 1.09 bits per heavy atom. The van der Waals surface area contributed by atoms with Gasteiger partial charge in [0.05, 0.1) is 18.5 Å². The lowest BCUT2D eigenvalue weighted by molar-refractivity contribution is -0.120. The third-order valence-electron chi connectivity index (χ3n) is 3.93. The minimum absolute atomic E-state index is 0.165. The molecule has 0 bridgehead atoms. The van der Waals surface area contributed by atoms with Crippen LogP contribution in [0.3, 0.4) is 0 Å². The van der Waals surface area contributed by atoms with Gasteiger partial charge in [-0.05, 0) is 36.6 Å². The van der Waals surface area contributed by atoms with Crippen molar-refractivity contribution < 1.29 is 14.0 Å². The number of para-hydroxylation sites is 1. The lowest BCUT2D eigenvalue weighted by atomic mass is 10.0. The van der Waals surface area contributed by atoms with Crippen molar-refractivity contribution in [1.82, 2.24) is 4.90 Å². The molecule has 0 unspecified atom stereocenters. The molecule has 0 saturated carbocycles. The van der Waals surface area contributed by atoms with Gasteiger partial charge in [-0.15, -0.1) is 0 Å². The average molecular weight is 312 g/mol. The molecule has 1 atom stereocenters. The van der Waals surface area contributed by atoms with E-state index in [4.69, 9.17) is 4.42 Å². The molecular weight excluding hydrogens is 292 g/mol. The van der Waals surface area contributed by atoms with Crippen LogP contribution in [-0.4, -0.2) is 22.9 Å². The number of carbonyl (C=O) groups excluding carboxylic acids is 2. The van der Waals surface area contributed by atoms with E-state index in [0.717, 1.165) is 0 Å². The highest BCUT2D eigenvalue weighted by atomic mass is 16.3. The topological polar surface area (TPSA) is 53.8 Å². The minimum atomic E-state index is -0.451. The van der Waals surface area contributed by atoms with Gasteiger partial charge in [-0.3, -0.25) is 4.79 Å². The molecular formula is C18H20N2O3. The van der Waals surface area contributed by atoms with Crippen LogP contribution in [0.25, 0.3) is 0 Å². The Labute approximate surface area is 135 Å². The standard InChI is InChI=1S/C18H20N2O3/c1-13(2)11-16-17(21)20(14-7-4-3-5-8-14)18(22)19(16)12-15-9-6-10-23-15/h3-10,13,16H,11-12H2,1-2H3/t16-/m1/s1. The Morgan fingerprint density at radius 2 is 1.83 bits per heavy atom. The summed E-state index contributed by atoms with van der Waals surface area (Å²) in [6.45, 7) is 4.40. The van der Waals surface area contributed by atoms with Gasteiger partial charge in [-0.25, -0.2) is 9.69 Å². The van der Waals surface area contributed by atoms with Gasteiger partial charge in [-0.1, -0.05) is 32.0 Å². The second-order valence-electron chi connectivity index (χ2n) is 6.14. The van der Waals surface area contributed by atoms with Crippen LogP contribution in [0.4, 0.5) is 10.5 Å². The molecule has 0 N–H and O–H groups in total. The Bertz CT molecular complexity index is 680. The normalized spacial score (nSPS) is 18.3. The van der Waals surface area contributed by atoms with E-state index < -0.39 is 6.04 Å². The first kappa shape index (κ1) is 15.3. The van der Waals surface area contributed by atoms with Gasteiger partial charge >= 0.3 is 6.03 Å². The monoisotopic (exact) mass is 312 g/mol. The third-order valence-corrected chi connectivity index (χ3v) is 3.93. The molecule has 1 aliphatic heterocycles. The van der Waals surface area contributed by atoms with Crippen molar-refractivity contribution in [3.8, 4) is 0 Å². The van der Waals surface area contributed by atoms with Gasteiger partial charge in [0.15, 0.2) is 0 Å². The summed E-state index contributed by atoms with van der Waals surface area (Å²) in [6, 6.07) is 11.9. The van der Waals surface area contributed by atoms with Crippen molar-refractivity contribution in [2.45, 2.75) is 32.9 Å². The third kappa shape index (κ3) is 2.99. The van der Waals surface area contributed by atoms with Crippen molar-refractivity contribution >= 4 is 17.6 Å². The Balaban J connectivity index is 1.92. The first-order chi connectivity index (χ1) is 11.1. The summed E-state index contributed by atoms with van der Waals surface area (Å²) in [5.41, 5.74) is 0.609. The smallest absolute Gasteiger partial charge is 0.332 e. The van der Waals surface area contributed by atoms with E-state index in [-0.39, 0.29) is 11.9 Å². The molecule has 5 heteroatoms. The largest absolute Gasteiger partial charge is 0.467 e. The summed E-state index contributed by atoms with van der Waals surface area (Å²) in [5, 5.41) is 0. The van der Waals surface area contributed by atoms with Crippen LogP contribution in [-0.2, 0) is 11.3 Å². The summed E-state index contributed by atoms with van der Waals surface area (Å²) < 4.78 is 5.35. The van der Waals surface area contributed by atoms with Crippen molar-refractivity contribution in [3.05, 3.63) is 54.5 Å². The zero-order valence-corrected chi connectivity index (χ0v) is 13.3. The summed E-state index contributed by atoms with van der Waals surface area (Å²) in [7, 11) is 0. The number of urea groups is 1. The first-order valence-corrected chi connectivity index (χ1v) is 7.80. The Morgan fingerprint density at radius 3 is 2.43 bits per heavy atom. The maximum atomic E-state index is 12.8. The summed E-state index contributed by atoms with van der Waals surface area (Å²) in [5.74, 6) is 0.822. The fraction of sp³-hybridized carbons (Fsp3) is 0.333. The molecule has 1 fully saturated rings. The molecule has 1 aromatic heterocycles. The lowest BCUT2D eigenvalue weighted by Crippen LogP contribution is -2.35. The molecule has 120 valence electrons. The predicted octanol–water partition coefficient (Wildman–Crippen LogP) is 3.66. The van der Waals surface area contributed by atoms with E-state index >= 15 is 0 Å². The van der Waals surface area contributed by atoms with Crippen LogP contribution in [0, 0.1) is 5.92 Å². The van der Waals surface area contributed by atoms with Crippen LogP contribution < -0.4 is 4.90 Å². The van der Waals surface area contributed by atoms with Crippen LogP contribution >= 0.6 is 0 Å². The zero-order valence-electron chi connectivity index (χ0n) is 13.3. The summed E-state index contributed by atoms with van der Waals surface area (Å²) in [6.07, 6.45) is 2.21. The fourth-order valence-corrected chi connectivity index (χ4v) is 2.88. The van der Waals surface area contributed by atoms with Crippen molar-refractivity contribution in [3.63, 3.8) is 0 Å². The molecule has 3 rings (SSSR count). The van der Waals surface area contributed by atoms with Crippen molar-refractivity contribution in [2.24, 2.45) is 5.92 Å². The van der Waals surface area contributed by atoms with E-state index in [1.54, 1.807) is 29.4 Å². The lowest BCUT2D eigenvalue weighted by Gasteiger charge is -2.21. The maximum Gasteiger partial charge on any atom is 0.332 e. The molecule has 5 nitrogen and oxygen atoms in total. The summed E-state index contributed by atoms with van der Waals surface area (Å²) in [4.78, 5) is 28.5. The number of carbonyl (C=O) groups is 2. The van der Waals surface area contributed by atoms with Crippen molar-refractivity contribution in [1.29, 1.82) is 0 Å². The molecule has 3 amide bonds. The Hall–Kier alpha value is -2.56. The number of hydrogen-bond acceptors (Lipinski definition) is 3. The highest BCUT2D eigenvalue weighted by Crippen LogP contribution is 2.29. The number of benzene rings is 1. The molecule has 1 aliphatic rings. The first-order valence-electron chi connectivity index (χ1n) is 7.80. The molecule has 2 heterocycles. The molecule has 0 aliphatic carbocycles. The molecule has 2 aromatic rings. The van der Waals surface area contributed by atoms with Gasteiger partial charge in [-0.2, -0.15) is 0 Å². The fourth-order valence-electron chi connectivity index (χ4n) is 2.88. The number of hydrogen-bond donors (Lipinski definition) is 0. The molecule has 1 aromatic carbocycles. The molecule has 0 radical (unpaired) electrons. The van der Waals surface area contributed by atoms with Crippen LogP contribution in [0.2, 0.25) is 0 Å². The highest BCUT2D eigenvalue weighted by molar-refractivity contribution is 6.21. The maximum absolute atomic E-state index is 12.8. The van der Waals surface area contributed by atoms with Crippen LogP contribution in [0.15, 0.2) is 53.1 Å². The highest BCUT2D eigenvalue weighted by Gasteiger charge is 2.46. The molecule has 0 spiro atoms. The van der Waals surface area contributed by atoms with Gasteiger partial charge in [0.25, 0.3) is 5.91 Å². The van der Waals surface area contributed by atoms with Gasteiger partial charge in [0.2, 0.25) is 0 Å². The molecule has 23 heavy (non-hydrogen) atoms. The van der Waals surface area contributed by atoms with Gasteiger partial charge in [0.1, 0.15) is 11.8 Å². The second-order valence-corrected chi connectivity index (χ2v) is 6.14. The van der Waals surface area contributed by atoms with Crippen LogP contribution in [0.1, 0.15) is 26.0 Å². The number of amides is 3. The Kier molecular flexibility index (Phi) is 4.19. The number of furan rings is 1. The quantitative estimate of drug-likeness (QED) is 0.792. The van der Waals surface area contributed by atoms with E-state index in [0.29, 0.717) is 30.3 Å². The van der Waals surface area contributed by atoms with Crippen molar-refractivity contribution in [2.75, 3.05) is 4.90 Å². The predicted molar refractivity (Wildman–Crippen MR) is 86.8 cm³/mol. The van der Waals surface area contributed by atoms with Crippen LogP contribution in [0.5, 0.6) is 0 Å². The van der Waals surface area contributed by atoms with Gasteiger partial charge in [0, 0.05) is 0 Å². The summed E-state index contributed by atoms with van der Waals surface area (Å²) >= 11 is 0.